The van der Waals surface area contributed by atoms with E-state index in [9.17, 15) is 14.0 Å². The van der Waals surface area contributed by atoms with Gasteiger partial charge in [0.25, 0.3) is 0 Å². The first-order valence-corrected chi connectivity index (χ1v) is 9.98. The number of amides is 1. The quantitative estimate of drug-likeness (QED) is 0.648. The fourth-order valence-electron chi connectivity index (χ4n) is 4.03. The topological polar surface area (TPSA) is 37.4 Å². The van der Waals surface area contributed by atoms with Crippen LogP contribution in [0.1, 0.15) is 41.9 Å². The summed E-state index contributed by atoms with van der Waals surface area (Å²) in [5.74, 6) is -0.862. The average Bonchev–Trinajstić information content (AvgIpc) is 2.60. The highest BCUT2D eigenvalue weighted by Gasteiger charge is 2.37. The van der Waals surface area contributed by atoms with Crippen molar-refractivity contribution in [3.05, 3.63) is 69.0 Å². The Morgan fingerprint density at radius 3 is 2.50 bits per heavy atom. The number of halogens is 3. The summed E-state index contributed by atoms with van der Waals surface area (Å²) in [6.07, 6.45) is 1.25. The van der Waals surface area contributed by atoms with Crippen LogP contribution in [0.15, 0.2) is 36.4 Å². The largest absolute Gasteiger partial charge is 0.341 e. The summed E-state index contributed by atoms with van der Waals surface area (Å²) in [7, 11) is 1.71. The van der Waals surface area contributed by atoms with Crippen LogP contribution in [0.5, 0.6) is 0 Å². The maximum Gasteiger partial charge on any atom is 0.226 e. The molecule has 2 atom stereocenters. The van der Waals surface area contributed by atoms with E-state index in [1.54, 1.807) is 36.2 Å². The molecule has 1 aliphatic carbocycles. The van der Waals surface area contributed by atoms with Crippen molar-refractivity contribution < 1.29 is 14.0 Å². The van der Waals surface area contributed by atoms with Crippen molar-refractivity contribution in [2.45, 2.75) is 38.6 Å². The fourth-order valence-corrected chi connectivity index (χ4v) is 4.60. The van der Waals surface area contributed by atoms with Gasteiger partial charge in [-0.2, -0.15) is 0 Å². The van der Waals surface area contributed by atoms with Crippen molar-refractivity contribution in [3.8, 4) is 0 Å². The Balaban J connectivity index is 1.84. The highest BCUT2D eigenvalue weighted by atomic mass is 35.5. The summed E-state index contributed by atoms with van der Waals surface area (Å²) < 4.78 is 13.5. The zero-order valence-corrected chi connectivity index (χ0v) is 17.4. The van der Waals surface area contributed by atoms with Gasteiger partial charge in [0.15, 0.2) is 0 Å². The summed E-state index contributed by atoms with van der Waals surface area (Å²) in [5, 5.41) is 1.02. The number of hydrogen-bond donors (Lipinski definition) is 0. The number of carbonyl (C=O) groups is 2. The lowest BCUT2D eigenvalue weighted by Gasteiger charge is -2.34. The van der Waals surface area contributed by atoms with Gasteiger partial charge in [-0.15, -0.1) is 0 Å². The van der Waals surface area contributed by atoms with Crippen LogP contribution in [-0.4, -0.2) is 23.6 Å². The van der Waals surface area contributed by atoms with Crippen molar-refractivity contribution in [1.82, 2.24) is 4.90 Å². The molecule has 0 N–H and O–H groups in total. The van der Waals surface area contributed by atoms with Crippen molar-refractivity contribution >= 4 is 34.9 Å². The zero-order chi connectivity index (χ0) is 20.4. The Labute approximate surface area is 174 Å². The standard InChI is InChI=1S/C22H22Cl2FNO2/c1-13-7-17(25)3-5-19(13)20-6-4-18(27)11-21(20)22(28)26(2)12-14-8-15(23)10-16(24)9-14/h3,5,7-10,20-21H,4,6,11-12H2,1-2H3. The molecule has 28 heavy (non-hydrogen) atoms. The molecule has 0 aliphatic heterocycles. The van der Waals surface area contributed by atoms with Gasteiger partial charge in [-0.05, 0) is 66.3 Å². The van der Waals surface area contributed by atoms with Gasteiger partial charge < -0.3 is 4.90 Å². The van der Waals surface area contributed by atoms with Gasteiger partial charge in [0.2, 0.25) is 5.91 Å². The zero-order valence-electron chi connectivity index (χ0n) is 15.8. The van der Waals surface area contributed by atoms with E-state index in [4.69, 9.17) is 23.2 Å². The van der Waals surface area contributed by atoms with Crippen LogP contribution in [-0.2, 0) is 16.1 Å². The first-order valence-electron chi connectivity index (χ1n) is 9.22. The Morgan fingerprint density at radius 2 is 1.86 bits per heavy atom. The number of carbonyl (C=O) groups excluding carboxylic acids is 2. The molecule has 0 spiro atoms. The third kappa shape index (κ3) is 4.73. The minimum absolute atomic E-state index is 0.0913. The number of benzene rings is 2. The first kappa shape index (κ1) is 20.8. The molecule has 2 unspecified atom stereocenters. The highest BCUT2D eigenvalue weighted by Crippen LogP contribution is 2.39. The summed E-state index contributed by atoms with van der Waals surface area (Å²) in [4.78, 5) is 26.9. The highest BCUT2D eigenvalue weighted by molar-refractivity contribution is 6.34. The molecule has 1 fully saturated rings. The fraction of sp³-hybridized carbons (Fsp3) is 0.364. The lowest BCUT2D eigenvalue weighted by Crippen LogP contribution is -2.39. The molecular formula is C22H22Cl2FNO2. The van der Waals surface area contributed by atoms with Crippen LogP contribution in [0.25, 0.3) is 0 Å². The Bertz CT molecular complexity index is 895. The van der Waals surface area contributed by atoms with Crippen molar-refractivity contribution in [3.63, 3.8) is 0 Å². The molecule has 0 aromatic heterocycles. The maximum atomic E-state index is 13.5. The predicted octanol–water partition coefficient (Wildman–Crippen LogP) is 5.55. The lowest BCUT2D eigenvalue weighted by molar-refractivity contribution is -0.139. The van der Waals surface area contributed by atoms with Gasteiger partial charge >= 0.3 is 0 Å². The van der Waals surface area contributed by atoms with Crippen molar-refractivity contribution in [2.24, 2.45) is 5.92 Å². The predicted molar refractivity (Wildman–Crippen MR) is 109 cm³/mol. The first-order chi connectivity index (χ1) is 13.2. The molecule has 1 aliphatic rings. The number of nitrogens with zero attached hydrogens (tertiary/aromatic N) is 1. The summed E-state index contributed by atoms with van der Waals surface area (Å²) in [6.45, 7) is 2.19. The monoisotopic (exact) mass is 421 g/mol. The van der Waals surface area contributed by atoms with Crippen LogP contribution in [0, 0.1) is 18.7 Å². The molecule has 6 heteroatoms. The molecule has 1 saturated carbocycles. The average molecular weight is 422 g/mol. The number of ketones is 1. The summed E-state index contributed by atoms with van der Waals surface area (Å²) in [5.41, 5.74) is 2.57. The Morgan fingerprint density at radius 1 is 1.18 bits per heavy atom. The van der Waals surface area contributed by atoms with Crippen LogP contribution < -0.4 is 0 Å². The second-order valence-electron chi connectivity index (χ2n) is 7.47. The maximum absolute atomic E-state index is 13.5. The minimum Gasteiger partial charge on any atom is -0.341 e. The minimum atomic E-state index is -0.454. The van der Waals surface area contributed by atoms with E-state index in [1.165, 1.54) is 12.1 Å². The third-order valence-electron chi connectivity index (χ3n) is 5.33. The van der Waals surface area contributed by atoms with E-state index in [2.05, 4.69) is 0 Å². The van der Waals surface area contributed by atoms with Crippen LogP contribution in [0.3, 0.4) is 0 Å². The van der Waals surface area contributed by atoms with Gasteiger partial charge in [0, 0.05) is 36.5 Å². The summed E-state index contributed by atoms with van der Waals surface area (Å²) in [6, 6.07) is 9.81. The molecule has 2 aromatic rings. The molecule has 0 heterocycles. The van der Waals surface area contributed by atoms with Gasteiger partial charge in [0.05, 0.1) is 5.92 Å². The summed E-state index contributed by atoms with van der Waals surface area (Å²) >= 11 is 12.1. The van der Waals surface area contributed by atoms with Crippen molar-refractivity contribution in [1.29, 1.82) is 0 Å². The van der Waals surface area contributed by atoms with E-state index in [-0.39, 0.29) is 29.8 Å². The SMILES string of the molecule is Cc1cc(F)ccc1C1CCC(=O)CC1C(=O)N(C)Cc1cc(Cl)cc(Cl)c1. The van der Waals surface area contributed by atoms with E-state index in [0.29, 0.717) is 29.4 Å². The van der Waals surface area contributed by atoms with Crippen LogP contribution in [0.4, 0.5) is 4.39 Å². The van der Waals surface area contributed by atoms with Crippen LogP contribution in [0.2, 0.25) is 10.0 Å². The Kier molecular flexibility index (Phi) is 6.41. The number of aryl methyl sites for hydroxylation is 1. The molecule has 0 saturated heterocycles. The van der Waals surface area contributed by atoms with Gasteiger partial charge in [-0.25, -0.2) is 4.39 Å². The number of hydrogen-bond acceptors (Lipinski definition) is 2. The number of Topliss-reactive ketones (excluding diaryl/α,β-unsaturated/α-hetero) is 1. The number of rotatable bonds is 4. The second-order valence-corrected chi connectivity index (χ2v) is 8.34. The second kappa shape index (κ2) is 8.62. The molecule has 0 bridgehead atoms. The van der Waals surface area contributed by atoms with E-state index in [0.717, 1.165) is 16.7 Å². The molecule has 3 nitrogen and oxygen atoms in total. The lowest BCUT2D eigenvalue weighted by atomic mass is 9.73. The molecule has 148 valence electrons. The molecule has 0 radical (unpaired) electrons. The molecular weight excluding hydrogens is 400 g/mol. The van der Waals surface area contributed by atoms with E-state index >= 15 is 0 Å². The Hall–Kier alpha value is -1.91. The van der Waals surface area contributed by atoms with Gasteiger partial charge in [-0.3, -0.25) is 9.59 Å². The normalized spacial score (nSPS) is 19.5. The van der Waals surface area contributed by atoms with Gasteiger partial charge in [-0.1, -0.05) is 29.3 Å². The van der Waals surface area contributed by atoms with E-state index in [1.807, 2.05) is 6.92 Å². The molecule has 3 rings (SSSR count). The van der Waals surface area contributed by atoms with Crippen LogP contribution >= 0.6 is 23.2 Å². The van der Waals surface area contributed by atoms with Gasteiger partial charge in [0.1, 0.15) is 11.6 Å². The third-order valence-corrected chi connectivity index (χ3v) is 5.77. The smallest absolute Gasteiger partial charge is 0.226 e. The van der Waals surface area contributed by atoms with E-state index < -0.39 is 5.92 Å². The molecule has 2 aromatic carbocycles. The molecule has 1 amide bonds. The van der Waals surface area contributed by atoms with Crippen molar-refractivity contribution in [2.75, 3.05) is 7.05 Å².